The molecule has 3 aromatic heterocycles. The highest BCUT2D eigenvalue weighted by molar-refractivity contribution is 7.90. The number of anilines is 2. The van der Waals surface area contributed by atoms with Gasteiger partial charge in [-0.2, -0.15) is 0 Å². The van der Waals surface area contributed by atoms with Crippen molar-refractivity contribution in [3.8, 4) is 22.7 Å². The molecule has 1 fully saturated rings. The van der Waals surface area contributed by atoms with Crippen LogP contribution in [0.3, 0.4) is 0 Å². The van der Waals surface area contributed by atoms with Crippen molar-refractivity contribution in [3.63, 3.8) is 0 Å². The first-order valence-corrected chi connectivity index (χ1v) is 13.6. The highest BCUT2D eigenvalue weighted by atomic mass is 32.2. The number of nitrogens with two attached hydrogens (primary N) is 1. The number of hydrogen-bond donors (Lipinski definition) is 1. The third-order valence-corrected chi connectivity index (χ3v) is 8.44. The van der Waals surface area contributed by atoms with Crippen LogP contribution in [-0.2, 0) is 10.0 Å². The number of hydrogen-bond acceptors (Lipinski definition) is 9. The fourth-order valence-corrected chi connectivity index (χ4v) is 5.98. The number of aromatic nitrogens is 5. The normalized spacial score (nSPS) is 15.6. The first-order valence-electron chi connectivity index (χ1n) is 12.1. The monoisotopic (exact) mass is 551 g/mol. The Morgan fingerprint density at radius 1 is 1.03 bits per heavy atom. The van der Waals surface area contributed by atoms with E-state index in [-0.39, 0.29) is 42.7 Å². The summed E-state index contributed by atoms with van der Waals surface area (Å²) in [5, 5.41) is 8.17. The SMILES string of the molecule is Cc1ccc(S(=O)(=O)n2cc(-c3cncc(N4CCC(F)(F)CC4)n3)c3cc(-c4nnc(N)o4)ccc32)cc1. The fraction of sp³-hybridized carbons (Fsp3) is 0.231. The number of nitrogens with zero attached hydrogens (tertiary/aromatic N) is 6. The number of piperidine rings is 1. The summed E-state index contributed by atoms with van der Waals surface area (Å²) < 4.78 is 61.5. The minimum Gasteiger partial charge on any atom is -0.404 e. The van der Waals surface area contributed by atoms with E-state index in [2.05, 4.69) is 20.2 Å². The van der Waals surface area contributed by atoms with Crippen molar-refractivity contribution in [1.29, 1.82) is 0 Å². The first kappa shape index (κ1) is 24.9. The third-order valence-electron chi connectivity index (χ3n) is 6.75. The van der Waals surface area contributed by atoms with E-state index in [0.29, 0.717) is 33.5 Å². The number of fused-ring (bicyclic) bond motifs is 1. The molecule has 13 heteroatoms. The third kappa shape index (κ3) is 4.58. The van der Waals surface area contributed by atoms with Crippen molar-refractivity contribution in [2.75, 3.05) is 23.7 Å². The molecule has 1 aliphatic heterocycles. The predicted octanol–water partition coefficient (Wildman–Crippen LogP) is 4.51. The minimum atomic E-state index is -3.98. The molecule has 200 valence electrons. The molecule has 1 saturated heterocycles. The first-order chi connectivity index (χ1) is 18.6. The van der Waals surface area contributed by atoms with Crippen molar-refractivity contribution < 1.29 is 21.6 Å². The van der Waals surface area contributed by atoms with Crippen molar-refractivity contribution in [2.24, 2.45) is 0 Å². The Bertz CT molecular complexity index is 1790. The lowest BCUT2D eigenvalue weighted by atomic mass is 10.1. The molecule has 6 rings (SSSR count). The zero-order valence-corrected chi connectivity index (χ0v) is 21.6. The molecule has 39 heavy (non-hydrogen) atoms. The van der Waals surface area contributed by atoms with Crippen molar-refractivity contribution in [3.05, 3.63) is 66.6 Å². The van der Waals surface area contributed by atoms with Crippen LogP contribution in [0.15, 0.2) is 70.4 Å². The second-order valence-electron chi connectivity index (χ2n) is 9.44. The number of aryl methyl sites for hydroxylation is 1. The maximum Gasteiger partial charge on any atom is 0.313 e. The Morgan fingerprint density at radius 3 is 2.46 bits per heavy atom. The van der Waals surface area contributed by atoms with E-state index >= 15 is 0 Å². The van der Waals surface area contributed by atoms with Gasteiger partial charge in [0.2, 0.25) is 5.89 Å². The predicted molar refractivity (Wildman–Crippen MR) is 141 cm³/mol. The van der Waals surface area contributed by atoms with Crippen LogP contribution < -0.4 is 10.6 Å². The van der Waals surface area contributed by atoms with Crippen LogP contribution in [0.2, 0.25) is 0 Å². The molecule has 2 aromatic carbocycles. The second-order valence-corrected chi connectivity index (χ2v) is 11.3. The molecule has 0 saturated carbocycles. The Kier molecular flexibility index (Phi) is 5.83. The molecular formula is C26H23F2N7O3S. The van der Waals surface area contributed by atoms with E-state index in [1.165, 1.54) is 22.6 Å². The van der Waals surface area contributed by atoms with Crippen LogP contribution in [0, 0.1) is 6.92 Å². The molecule has 0 radical (unpaired) electrons. The standard InChI is InChI=1S/C26H23F2N7O3S/c1-16-2-5-18(6-3-16)39(36,37)35-15-20(19-12-17(4-7-22(19)35)24-32-33-25(29)38-24)21-13-30-14-23(31-21)34-10-8-26(27,28)9-11-34/h2-7,12-15H,8-11H2,1H3,(H2,29,33). The van der Waals surface area contributed by atoms with Gasteiger partial charge in [-0.15, -0.1) is 5.10 Å². The van der Waals surface area contributed by atoms with Crippen molar-refractivity contribution >= 4 is 32.8 Å². The summed E-state index contributed by atoms with van der Waals surface area (Å²) in [5.41, 5.74) is 8.31. The lowest BCUT2D eigenvalue weighted by Gasteiger charge is -2.32. The summed E-state index contributed by atoms with van der Waals surface area (Å²) in [5.74, 6) is -2.09. The molecule has 0 unspecified atom stereocenters. The number of benzene rings is 2. The number of nitrogen functional groups attached to an aromatic ring is 1. The maximum absolute atomic E-state index is 13.7. The molecule has 0 atom stereocenters. The molecule has 2 N–H and O–H groups in total. The van der Waals surface area contributed by atoms with E-state index in [9.17, 15) is 17.2 Å². The Balaban J connectivity index is 1.51. The molecule has 0 aliphatic carbocycles. The lowest BCUT2D eigenvalue weighted by Crippen LogP contribution is -2.39. The Morgan fingerprint density at radius 2 is 1.77 bits per heavy atom. The van der Waals surface area contributed by atoms with Gasteiger partial charge >= 0.3 is 6.01 Å². The molecule has 5 aromatic rings. The smallest absolute Gasteiger partial charge is 0.313 e. The largest absolute Gasteiger partial charge is 0.404 e. The summed E-state index contributed by atoms with van der Waals surface area (Å²) in [4.78, 5) is 10.9. The molecule has 0 amide bonds. The van der Waals surface area contributed by atoms with Crippen LogP contribution in [0.5, 0.6) is 0 Å². The van der Waals surface area contributed by atoms with Gasteiger partial charge in [-0.3, -0.25) is 4.98 Å². The summed E-state index contributed by atoms with van der Waals surface area (Å²) in [6.45, 7) is 2.15. The van der Waals surface area contributed by atoms with Crippen LogP contribution >= 0.6 is 0 Å². The van der Waals surface area contributed by atoms with Gasteiger partial charge in [0.05, 0.1) is 28.5 Å². The van der Waals surface area contributed by atoms with Crippen LogP contribution in [0.4, 0.5) is 20.6 Å². The van der Waals surface area contributed by atoms with E-state index in [1.54, 1.807) is 47.4 Å². The number of rotatable bonds is 5. The van der Waals surface area contributed by atoms with E-state index in [1.807, 2.05) is 6.92 Å². The van der Waals surface area contributed by atoms with E-state index in [4.69, 9.17) is 10.2 Å². The highest BCUT2D eigenvalue weighted by Crippen LogP contribution is 2.36. The fourth-order valence-electron chi connectivity index (χ4n) is 4.61. The molecule has 0 spiro atoms. The lowest BCUT2D eigenvalue weighted by molar-refractivity contribution is -0.0221. The quantitative estimate of drug-likeness (QED) is 0.335. The topological polar surface area (TPSA) is 133 Å². The molecule has 0 bridgehead atoms. The molecule has 4 heterocycles. The number of alkyl halides is 2. The summed E-state index contributed by atoms with van der Waals surface area (Å²) in [6.07, 6.45) is 3.97. The van der Waals surface area contributed by atoms with Gasteiger partial charge in [0.15, 0.2) is 0 Å². The maximum atomic E-state index is 13.7. The van der Waals surface area contributed by atoms with Crippen LogP contribution in [0.25, 0.3) is 33.6 Å². The van der Waals surface area contributed by atoms with Gasteiger partial charge in [-0.25, -0.2) is 26.2 Å². The Labute approximate surface area is 222 Å². The van der Waals surface area contributed by atoms with E-state index in [0.717, 1.165) is 5.56 Å². The molecule has 1 aliphatic rings. The van der Waals surface area contributed by atoms with Gasteiger partial charge in [-0.05, 0) is 37.3 Å². The zero-order valence-electron chi connectivity index (χ0n) is 20.8. The second kappa shape index (κ2) is 9.12. The van der Waals surface area contributed by atoms with Crippen molar-refractivity contribution in [2.45, 2.75) is 30.6 Å². The van der Waals surface area contributed by atoms with Crippen LogP contribution in [0.1, 0.15) is 18.4 Å². The summed E-state index contributed by atoms with van der Waals surface area (Å²) in [7, 11) is -3.98. The van der Waals surface area contributed by atoms with Gasteiger partial charge in [0.25, 0.3) is 15.9 Å². The van der Waals surface area contributed by atoms with Gasteiger partial charge < -0.3 is 15.1 Å². The summed E-state index contributed by atoms with van der Waals surface area (Å²) >= 11 is 0. The van der Waals surface area contributed by atoms with Crippen LogP contribution in [-0.4, -0.2) is 51.6 Å². The minimum absolute atomic E-state index is 0.101. The average Bonchev–Trinajstić information content (AvgIpc) is 3.53. The molecule has 10 nitrogen and oxygen atoms in total. The van der Waals surface area contributed by atoms with Gasteiger partial charge in [0, 0.05) is 48.6 Å². The van der Waals surface area contributed by atoms with Gasteiger partial charge in [0.1, 0.15) is 5.82 Å². The van der Waals surface area contributed by atoms with Gasteiger partial charge in [-0.1, -0.05) is 22.8 Å². The number of halogens is 2. The Hall–Kier alpha value is -4.39. The average molecular weight is 552 g/mol. The summed E-state index contributed by atoms with van der Waals surface area (Å²) in [6, 6.07) is 11.5. The molecular weight excluding hydrogens is 528 g/mol. The highest BCUT2D eigenvalue weighted by Gasteiger charge is 2.34. The van der Waals surface area contributed by atoms with E-state index < -0.39 is 15.9 Å². The zero-order chi connectivity index (χ0) is 27.4. The van der Waals surface area contributed by atoms with Crippen molar-refractivity contribution in [1.82, 2.24) is 24.1 Å².